The van der Waals surface area contributed by atoms with Gasteiger partial charge in [0.05, 0.1) is 0 Å². The van der Waals surface area contributed by atoms with Crippen molar-refractivity contribution in [3.63, 3.8) is 0 Å². The zero-order valence-electron chi connectivity index (χ0n) is 14.3. The van der Waals surface area contributed by atoms with Gasteiger partial charge in [-0.3, -0.25) is 9.59 Å². The average molecular weight is 314 g/mol. The Morgan fingerprint density at radius 3 is 2.26 bits per heavy atom. The molecule has 1 saturated heterocycles. The summed E-state index contributed by atoms with van der Waals surface area (Å²) in [5, 5.41) is 3.04. The van der Waals surface area contributed by atoms with Gasteiger partial charge in [0, 0.05) is 18.8 Å². The highest BCUT2D eigenvalue weighted by atomic mass is 16.2. The first-order chi connectivity index (χ1) is 10.8. The van der Waals surface area contributed by atoms with Crippen molar-refractivity contribution < 1.29 is 9.59 Å². The molecule has 124 valence electrons. The van der Waals surface area contributed by atoms with Crippen molar-refractivity contribution in [2.75, 3.05) is 18.4 Å². The smallest absolute Gasteiger partial charge is 0.240 e. The molecule has 23 heavy (non-hydrogen) atoms. The van der Waals surface area contributed by atoms with Gasteiger partial charge in [-0.15, -0.1) is 0 Å². The Morgan fingerprint density at radius 1 is 1.09 bits per heavy atom. The Hall–Kier alpha value is -1.84. The predicted molar refractivity (Wildman–Crippen MR) is 91.3 cm³/mol. The summed E-state index contributed by atoms with van der Waals surface area (Å²) in [4.78, 5) is 27.4. The SMILES string of the molecule is CC(C)(C)c1ccccc1NC(=O)C1(C(=O)N2CCCC2)CC1. The average Bonchev–Trinajstić information content (AvgIpc) is 3.13. The van der Waals surface area contributed by atoms with Crippen LogP contribution in [0.1, 0.15) is 52.0 Å². The number of nitrogens with one attached hydrogen (secondary N) is 1. The second-order valence-corrected chi connectivity index (χ2v) is 7.83. The molecular weight excluding hydrogens is 288 g/mol. The summed E-state index contributed by atoms with van der Waals surface area (Å²) in [7, 11) is 0. The zero-order chi connectivity index (χ0) is 16.7. The van der Waals surface area contributed by atoms with Crippen LogP contribution in [-0.4, -0.2) is 29.8 Å². The molecule has 2 amide bonds. The van der Waals surface area contributed by atoms with E-state index in [1.807, 2.05) is 29.2 Å². The van der Waals surface area contributed by atoms with Gasteiger partial charge in [-0.2, -0.15) is 0 Å². The van der Waals surface area contributed by atoms with E-state index in [2.05, 4.69) is 26.1 Å². The van der Waals surface area contributed by atoms with Gasteiger partial charge in [-0.05, 0) is 42.7 Å². The second-order valence-electron chi connectivity index (χ2n) is 7.83. The van der Waals surface area contributed by atoms with Crippen LogP contribution in [-0.2, 0) is 15.0 Å². The van der Waals surface area contributed by atoms with Gasteiger partial charge in [-0.25, -0.2) is 0 Å². The summed E-state index contributed by atoms with van der Waals surface area (Å²) in [5.74, 6) is -0.105. The molecule has 3 rings (SSSR count). The molecule has 0 aromatic heterocycles. The first-order valence-electron chi connectivity index (χ1n) is 8.55. The van der Waals surface area contributed by atoms with Crippen molar-refractivity contribution >= 4 is 17.5 Å². The number of carbonyl (C=O) groups is 2. The molecule has 0 unspecified atom stereocenters. The Morgan fingerprint density at radius 2 is 1.70 bits per heavy atom. The van der Waals surface area contributed by atoms with Crippen LogP contribution in [0.3, 0.4) is 0 Å². The molecule has 2 fully saturated rings. The van der Waals surface area contributed by atoms with Crippen molar-refractivity contribution in [1.29, 1.82) is 0 Å². The largest absolute Gasteiger partial charge is 0.342 e. The quantitative estimate of drug-likeness (QED) is 0.870. The van der Waals surface area contributed by atoms with E-state index in [1.54, 1.807) is 0 Å². The number of carbonyl (C=O) groups excluding carboxylic acids is 2. The third kappa shape index (κ3) is 2.99. The second kappa shape index (κ2) is 5.66. The molecule has 1 saturated carbocycles. The lowest BCUT2D eigenvalue weighted by Gasteiger charge is -2.25. The van der Waals surface area contributed by atoms with Crippen molar-refractivity contribution in [3.05, 3.63) is 29.8 Å². The molecule has 4 nitrogen and oxygen atoms in total. The summed E-state index contributed by atoms with van der Waals surface area (Å²) >= 11 is 0. The predicted octanol–water partition coefficient (Wildman–Crippen LogP) is 3.33. The molecule has 1 N–H and O–H groups in total. The minimum absolute atomic E-state index is 0.0285. The zero-order valence-corrected chi connectivity index (χ0v) is 14.3. The van der Waals surface area contributed by atoms with E-state index in [1.165, 1.54) is 0 Å². The number of benzene rings is 1. The van der Waals surface area contributed by atoms with Crippen LogP contribution in [0.5, 0.6) is 0 Å². The van der Waals surface area contributed by atoms with Crippen molar-refractivity contribution in [2.45, 2.75) is 51.9 Å². The lowest BCUT2D eigenvalue weighted by molar-refractivity contribution is -0.141. The fourth-order valence-corrected chi connectivity index (χ4v) is 3.37. The molecule has 2 aliphatic rings. The molecular formula is C19H26N2O2. The fraction of sp³-hybridized carbons (Fsp3) is 0.579. The Bertz CT molecular complexity index is 621. The monoisotopic (exact) mass is 314 g/mol. The molecule has 1 aliphatic carbocycles. The lowest BCUT2D eigenvalue weighted by atomic mass is 9.85. The number of rotatable bonds is 3. The highest BCUT2D eigenvalue weighted by molar-refractivity contribution is 6.13. The van der Waals surface area contributed by atoms with Crippen LogP contribution in [0.25, 0.3) is 0 Å². The molecule has 1 heterocycles. The third-order valence-electron chi connectivity index (χ3n) is 4.97. The van der Waals surface area contributed by atoms with E-state index in [0.717, 1.165) is 37.2 Å². The minimum Gasteiger partial charge on any atom is -0.342 e. The highest BCUT2D eigenvalue weighted by Crippen LogP contribution is 2.49. The normalized spacial score (nSPS) is 19.5. The Kier molecular flexibility index (Phi) is 3.95. The van der Waals surface area contributed by atoms with Gasteiger partial charge >= 0.3 is 0 Å². The van der Waals surface area contributed by atoms with Crippen LogP contribution in [0, 0.1) is 5.41 Å². The number of nitrogens with zero attached hydrogens (tertiary/aromatic N) is 1. The van der Waals surface area contributed by atoms with Gasteiger partial charge < -0.3 is 10.2 Å². The third-order valence-corrected chi connectivity index (χ3v) is 4.97. The molecule has 0 bridgehead atoms. The van der Waals surface area contributed by atoms with Gasteiger partial charge in [0.15, 0.2) is 0 Å². The number of hydrogen-bond donors (Lipinski definition) is 1. The van der Waals surface area contributed by atoms with Crippen LogP contribution in [0.4, 0.5) is 5.69 Å². The summed E-state index contributed by atoms with van der Waals surface area (Å²) in [6.45, 7) is 7.97. The number of hydrogen-bond acceptors (Lipinski definition) is 2. The number of likely N-dealkylation sites (tertiary alicyclic amines) is 1. The van der Waals surface area contributed by atoms with Crippen molar-refractivity contribution in [1.82, 2.24) is 4.90 Å². The first kappa shape index (κ1) is 16.0. The van der Waals surface area contributed by atoms with Crippen LogP contribution in [0.15, 0.2) is 24.3 Å². The minimum atomic E-state index is -0.810. The Balaban J connectivity index is 1.79. The van der Waals surface area contributed by atoms with E-state index >= 15 is 0 Å². The molecule has 1 aromatic carbocycles. The van der Waals surface area contributed by atoms with Crippen LogP contribution < -0.4 is 5.32 Å². The number of amides is 2. The summed E-state index contributed by atoms with van der Waals surface area (Å²) in [6, 6.07) is 7.87. The molecule has 4 heteroatoms. The first-order valence-corrected chi connectivity index (χ1v) is 8.55. The maximum Gasteiger partial charge on any atom is 0.240 e. The fourth-order valence-electron chi connectivity index (χ4n) is 3.37. The molecule has 1 aliphatic heterocycles. The van der Waals surface area contributed by atoms with E-state index in [-0.39, 0.29) is 17.2 Å². The molecule has 1 aromatic rings. The standard InChI is InChI=1S/C19H26N2O2/c1-18(2,3)14-8-4-5-9-15(14)20-16(22)19(10-11-19)17(23)21-12-6-7-13-21/h4-5,8-9H,6-7,10-13H2,1-3H3,(H,20,22). The van der Waals surface area contributed by atoms with E-state index in [0.29, 0.717) is 12.8 Å². The van der Waals surface area contributed by atoms with Crippen molar-refractivity contribution in [2.24, 2.45) is 5.41 Å². The van der Waals surface area contributed by atoms with Gasteiger partial charge in [-0.1, -0.05) is 39.0 Å². The molecule has 0 atom stereocenters. The van der Waals surface area contributed by atoms with Gasteiger partial charge in [0.25, 0.3) is 0 Å². The number of para-hydroxylation sites is 1. The van der Waals surface area contributed by atoms with E-state index in [4.69, 9.17) is 0 Å². The number of anilines is 1. The molecule has 0 radical (unpaired) electrons. The maximum atomic E-state index is 12.8. The maximum absolute atomic E-state index is 12.8. The van der Waals surface area contributed by atoms with Gasteiger partial charge in [0.1, 0.15) is 5.41 Å². The summed E-state index contributed by atoms with van der Waals surface area (Å²) < 4.78 is 0. The van der Waals surface area contributed by atoms with Crippen LogP contribution in [0.2, 0.25) is 0 Å². The molecule has 0 spiro atoms. The van der Waals surface area contributed by atoms with E-state index < -0.39 is 5.41 Å². The van der Waals surface area contributed by atoms with Crippen molar-refractivity contribution in [3.8, 4) is 0 Å². The summed E-state index contributed by atoms with van der Waals surface area (Å²) in [6.07, 6.45) is 3.45. The van der Waals surface area contributed by atoms with Crippen LogP contribution >= 0.6 is 0 Å². The summed E-state index contributed by atoms with van der Waals surface area (Å²) in [5.41, 5.74) is 1.05. The highest BCUT2D eigenvalue weighted by Gasteiger charge is 2.58. The van der Waals surface area contributed by atoms with Gasteiger partial charge in [0.2, 0.25) is 11.8 Å². The van der Waals surface area contributed by atoms with E-state index in [9.17, 15) is 9.59 Å². The topological polar surface area (TPSA) is 49.4 Å². The lowest BCUT2D eigenvalue weighted by Crippen LogP contribution is -2.41. The Labute approximate surface area is 138 Å².